The van der Waals surface area contributed by atoms with Gasteiger partial charge in [0.15, 0.2) is 5.96 Å². The van der Waals surface area contributed by atoms with Gasteiger partial charge in [0, 0.05) is 44.0 Å². The van der Waals surface area contributed by atoms with Gasteiger partial charge in [-0.15, -0.1) is 24.0 Å². The summed E-state index contributed by atoms with van der Waals surface area (Å²) in [5.74, 6) is 1.64. The second-order valence-corrected chi connectivity index (χ2v) is 6.31. The number of ether oxygens (including phenoxy) is 1. The maximum atomic E-state index is 6.02. The maximum Gasteiger partial charge on any atom is 0.191 e. The smallest absolute Gasteiger partial charge is 0.191 e. The van der Waals surface area contributed by atoms with E-state index in [2.05, 4.69) is 38.8 Å². The fraction of sp³-hybridized carbons (Fsp3) is 0.217. The Labute approximate surface area is 189 Å². The minimum atomic E-state index is 0. The molecule has 2 N–H and O–H groups in total. The van der Waals surface area contributed by atoms with Crippen LogP contribution >= 0.6 is 24.0 Å². The van der Waals surface area contributed by atoms with Gasteiger partial charge in [0.2, 0.25) is 0 Å². The average Bonchev–Trinajstić information content (AvgIpc) is 2.76. The fourth-order valence-electron chi connectivity index (χ4n) is 2.78. The van der Waals surface area contributed by atoms with Crippen LogP contribution in [0.25, 0.3) is 0 Å². The Morgan fingerprint density at radius 3 is 2.45 bits per heavy atom. The van der Waals surface area contributed by atoms with Crippen LogP contribution in [0.2, 0.25) is 0 Å². The van der Waals surface area contributed by atoms with Crippen LogP contribution in [0.1, 0.15) is 16.8 Å². The van der Waals surface area contributed by atoms with Crippen LogP contribution in [0, 0.1) is 0 Å². The van der Waals surface area contributed by atoms with Crippen LogP contribution in [0.4, 0.5) is 0 Å². The molecule has 152 valence electrons. The first-order chi connectivity index (χ1) is 13.8. The van der Waals surface area contributed by atoms with Crippen molar-refractivity contribution in [2.75, 3.05) is 13.6 Å². The van der Waals surface area contributed by atoms with Crippen LogP contribution in [0.15, 0.2) is 84.0 Å². The topological polar surface area (TPSA) is 58.5 Å². The van der Waals surface area contributed by atoms with Gasteiger partial charge in [-0.3, -0.25) is 9.98 Å². The molecule has 3 rings (SSSR count). The van der Waals surface area contributed by atoms with Gasteiger partial charge in [-0.05, 0) is 23.8 Å². The molecule has 1 heterocycles. The molecule has 5 nitrogen and oxygen atoms in total. The first-order valence-electron chi connectivity index (χ1n) is 9.44. The molecule has 0 aliphatic rings. The third-order valence-corrected chi connectivity index (χ3v) is 4.28. The number of hydrogen-bond donors (Lipinski definition) is 2. The van der Waals surface area contributed by atoms with E-state index in [0.717, 1.165) is 41.5 Å². The minimum absolute atomic E-state index is 0. The molecule has 0 unspecified atom stereocenters. The largest absolute Gasteiger partial charge is 0.489 e. The monoisotopic (exact) mass is 502 g/mol. The number of hydrogen-bond acceptors (Lipinski definition) is 3. The van der Waals surface area contributed by atoms with Crippen molar-refractivity contribution in [1.29, 1.82) is 0 Å². The highest BCUT2D eigenvalue weighted by atomic mass is 127. The molecular formula is C23H27IN4O. The number of pyridine rings is 1. The second kappa shape index (κ2) is 12.8. The van der Waals surface area contributed by atoms with Gasteiger partial charge in [-0.2, -0.15) is 0 Å². The van der Waals surface area contributed by atoms with Crippen molar-refractivity contribution in [3.05, 3.63) is 95.8 Å². The Balaban J connectivity index is 0.00000300. The van der Waals surface area contributed by atoms with Crippen molar-refractivity contribution in [2.45, 2.75) is 19.6 Å². The molecule has 0 radical (unpaired) electrons. The Morgan fingerprint density at radius 1 is 0.931 bits per heavy atom. The first-order valence-corrected chi connectivity index (χ1v) is 9.44. The molecule has 0 aliphatic heterocycles. The van der Waals surface area contributed by atoms with E-state index >= 15 is 0 Å². The molecule has 0 aliphatic carbocycles. The molecule has 0 bridgehead atoms. The number of guanidine groups is 1. The number of aromatic nitrogens is 1. The molecule has 0 amide bonds. The van der Waals surface area contributed by atoms with E-state index in [9.17, 15) is 0 Å². The lowest BCUT2D eigenvalue weighted by Gasteiger charge is -2.15. The first kappa shape index (κ1) is 22.7. The summed E-state index contributed by atoms with van der Waals surface area (Å²) in [6.07, 6.45) is 2.66. The van der Waals surface area contributed by atoms with E-state index < -0.39 is 0 Å². The minimum Gasteiger partial charge on any atom is -0.489 e. The summed E-state index contributed by atoms with van der Waals surface area (Å²) in [6.45, 7) is 1.95. The van der Waals surface area contributed by atoms with Gasteiger partial charge in [-0.25, -0.2) is 0 Å². The SMILES string of the molecule is CN=C(NCCc1ccccn1)NCc1ccccc1OCc1ccccc1.I. The summed E-state index contributed by atoms with van der Waals surface area (Å²) in [5, 5.41) is 6.67. The van der Waals surface area contributed by atoms with E-state index in [1.165, 1.54) is 0 Å². The standard InChI is InChI=1S/C23H26N4O.HI/c1-24-23(26-16-14-21-12-7-8-15-25-21)27-17-20-11-5-6-13-22(20)28-18-19-9-3-2-4-10-19;/h2-13,15H,14,16-18H2,1H3,(H2,24,26,27);1H. The van der Waals surface area contributed by atoms with E-state index in [1.54, 1.807) is 7.05 Å². The van der Waals surface area contributed by atoms with Crippen LogP contribution in [-0.4, -0.2) is 24.5 Å². The van der Waals surface area contributed by atoms with Gasteiger partial charge in [0.1, 0.15) is 12.4 Å². The van der Waals surface area contributed by atoms with E-state index in [0.29, 0.717) is 13.2 Å². The zero-order valence-corrected chi connectivity index (χ0v) is 18.9. The van der Waals surface area contributed by atoms with Crippen LogP contribution in [0.3, 0.4) is 0 Å². The zero-order valence-electron chi connectivity index (χ0n) is 16.5. The number of nitrogens with one attached hydrogen (secondary N) is 2. The number of halogens is 1. The van der Waals surface area contributed by atoms with Crippen LogP contribution in [-0.2, 0) is 19.6 Å². The molecule has 0 atom stereocenters. The zero-order chi connectivity index (χ0) is 19.4. The van der Waals surface area contributed by atoms with E-state index in [1.807, 2.05) is 60.8 Å². The van der Waals surface area contributed by atoms with E-state index in [4.69, 9.17) is 4.74 Å². The summed E-state index contributed by atoms with van der Waals surface area (Å²) in [7, 11) is 1.77. The lowest BCUT2D eigenvalue weighted by Crippen LogP contribution is -2.38. The van der Waals surface area contributed by atoms with Gasteiger partial charge >= 0.3 is 0 Å². The molecule has 0 saturated heterocycles. The molecule has 0 fully saturated rings. The predicted molar refractivity (Wildman–Crippen MR) is 129 cm³/mol. The molecule has 0 saturated carbocycles. The number of benzene rings is 2. The molecular weight excluding hydrogens is 475 g/mol. The Bertz CT molecular complexity index is 872. The third-order valence-electron chi connectivity index (χ3n) is 4.28. The highest BCUT2D eigenvalue weighted by molar-refractivity contribution is 14.0. The van der Waals surface area contributed by atoms with Crippen molar-refractivity contribution < 1.29 is 4.74 Å². The Morgan fingerprint density at radius 2 is 1.69 bits per heavy atom. The quantitative estimate of drug-likeness (QED) is 0.276. The third kappa shape index (κ3) is 7.73. The summed E-state index contributed by atoms with van der Waals surface area (Å²) < 4.78 is 6.02. The number of rotatable bonds is 8. The molecule has 3 aromatic rings. The Kier molecular flexibility index (Phi) is 9.99. The summed E-state index contributed by atoms with van der Waals surface area (Å²) in [5.41, 5.74) is 3.30. The van der Waals surface area contributed by atoms with Crippen LogP contribution < -0.4 is 15.4 Å². The maximum absolute atomic E-state index is 6.02. The average molecular weight is 502 g/mol. The molecule has 0 spiro atoms. The molecule has 29 heavy (non-hydrogen) atoms. The lowest BCUT2D eigenvalue weighted by molar-refractivity contribution is 0.302. The highest BCUT2D eigenvalue weighted by Crippen LogP contribution is 2.19. The highest BCUT2D eigenvalue weighted by Gasteiger charge is 2.05. The van der Waals surface area contributed by atoms with Crippen molar-refractivity contribution in [1.82, 2.24) is 15.6 Å². The molecule has 2 aromatic carbocycles. The second-order valence-electron chi connectivity index (χ2n) is 6.31. The summed E-state index contributed by atoms with van der Waals surface area (Å²) in [4.78, 5) is 8.63. The van der Waals surface area contributed by atoms with Crippen molar-refractivity contribution in [3.8, 4) is 5.75 Å². The molecule has 6 heteroatoms. The van der Waals surface area contributed by atoms with E-state index in [-0.39, 0.29) is 24.0 Å². The predicted octanol–water partition coefficient (Wildman–Crippen LogP) is 4.19. The number of para-hydroxylation sites is 1. The van der Waals surface area contributed by atoms with Crippen molar-refractivity contribution in [3.63, 3.8) is 0 Å². The number of aliphatic imine (C=N–C) groups is 1. The van der Waals surface area contributed by atoms with Gasteiger partial charge < -0.3 is 15.4 Å². The van der Waals surface area contributed by atoms with Gasteiger partial charge in [-0.1, -0.05) is 54.6 Å². The molecule has 1 aromatic heterocycles. The summed E-state index contributed by atoms with van der Waals surface area (Å²) >= 11 is 0. The van der Waals surface area contributed by atoms with Crippen molar-refractivity contribution >= 4 is 29.9 Å². The van der Waals surface area contributed by atoms with Gasteiger partial charge in [0.25, 0.3) is 0 Å². The summed E-state index contributed by atoms with van der Waals surface area (Å²) in [6, 6.07) is 24.2. The number of nitrogens with zero attached hydrogens (tertiary/aromatic N) is 2. The van der Waals surface area contributed by atoms with Gasteiger partial charge in [0.05, 0.1) is 0 Å². The Hall–Kier alpha value is -2.61. The van der Waals surface area contributed by atoms with Crippen LogP contribution in [0.5, 0.6) is 5.75 Å². The lowest BCUT2D eigenvalue weighted by atomic mass is 10.2. The van der Waals surface area contributed by atoms with Crippen molar-refractivity contribution in [2.24, 2.45) is 4.99 Å². The normalized spacial score (nSPS) is 10.7. The fourth-order valence-corrected chi connectivity index (χ4v) is 2.78.